The second-order valence-electron chi connectivity index (χ2n) is 8.31. The van der Waals surface area contributed by atoms with E-state index in [9.17, 15) is 14.4 Å². The molecule has 0 unspecified atom stereocenters. The largest absolute Gasteiger partial charge is 0.454 e. The van der Waals surface area contributed by atoms with Gasteiger partial charge in [0.1, 0.15) is 12.1 Å². The second-order valence-corrected chi connectivity index (χ2v) is 8.31. The predicted octanol–water partition coefficient (Wildman–Crippen LogP) is 2.51. The molecule has 3 rings (SSSR count). The summed E-state index contributed by atoms with van der Waals surface area (Å²) in [6, 6.07) is 4.50. The highest BCUT2D eigenvalue weighted by Crippen LogP contribution is 2.37. The zero-order valence-electron chi connectivity index (χ0n) is 17.4. The summed E-state index contributed by atoms with van der Waals surface area (Å²) in [6.45, 7) is 7.70. The second kappa shape index (κ2) is 8.31. The van der Waals surface area contributed by atoms with Crippen LogP contribution in [0.25, 0.3) is 0 Å². The minimum absolute atomic E-state index is 0.0118. The smallest absolute Gasteiger partial charge is 0.325 e. The third-order valence-corrected chi connectivity index (χ3v) is 5.35. The molecule has 1 fully saturated rings. The highest BCUT2D eigenvalue weighted by molar-refractivity contribution is 6.09. The van der Waals surface area contributed by atoms with E-state index in [2.05, 4.69) is 24.5 Å². The molecule has 8 heteroatoms. The topological polar surface area (TPSA) is 97.0 Å². The zero-order valence-corrected chi connectivity index (χ0v) is 17.4. The number of fused-ring (bicyclic) bond motifs is 1. The molecule has 2 aliphatic rings. The Hall–Kier alpha value is -2.77. The van der Waals surface area contributed by atoms with Gasteiger partial charge in [0.05, 0.1) is 0 Å². The lowest BCUT2D eigenvalue weighted by atomic mass is 9.91. The zero-order chi connectivity index (χ0) is 21.2. The Morgan fingerprint density at radius 3 is 2.66 bits per heavy atom. The molecule has 2 heterocycles. The maximum absolute atomic E-state index is 13.0. The molecule has 0 aromatic heterocycles. The van der Waals surface area contributed by atoms with E-state index >= 15 is 0 Å². The van der Waals surface area contributed by atoms with E-state index < -0.39 is 17.5 Å². The number of amides is 4. The van der Waals surface area contributed by atoms with Crippen molar-refractivity contribution < 1.29 is 23.9 Å². The van der Waals surface area contributed by atoms with Gasteiger partial charge < -0.3 is 20.1 Å². The van der Waals surface area contributed by atoms with Crippen molar-refractivity contribution in [3.63, 3.8) is 0 Å². The van der Waals surface area contributed by atoms with Crippen LogP contribution in [-0.4, -0.2) is 42.1 Å². The first kappa shape index (κ1) is 21.0. The summed E-state index contributed by atoms with van der Waals surface area (Å²) < 4.78 is 10.7. The Morgan fingerprint density at radius 1 is 1.21 bits per heavy atom. The number of carbonyl (C=O) groups excluding carboxylic acids is 3. The normalized spacial score (nSPS) is 21.5. The van der Waals surface area contributed by atoms with Crippen molar-refractivity contribution in [3.05, 3.63) is 23.8 Å². The first-order valence-corrected chi connectivity index (χ1v) is 10.0. The summed E-state index contributed by atoms with van der Waals surface area (Å²) in [6.07, 6.45) is 2.98. The molecule has 1 aromatic carbocycles. The van der Waals surface area contributed by atoms with E-state index in [-0.39, 0.29) is 25.3 Å². The molecular weight excluding hydrogens is 374 g/mol. The van der Waals surface area contributed by atoms with E-state index in [0.29, 0.717) is 23.0 Å². The van der Waals surface area contributed by atoms with Crippen molar-refractivity contribution in [1.82, 2.24) is 15.5 Å². The molecule has 4 amide bonds. The fraction of sp³-hybridized carbons (Fsp3) is 0.571. The van der Waals surface area contributed by atoms with Crippen molar-refractivity contribution in [2.75, 3.05) is 13.3 Å². The van der Waals surface area contributed by atoms with Crippen molar-refractivity contribution in [1.29, 1.82) is 0 Å². The van der Waals surface area contributed by atoms with Crippen LogP contribution in [0.4, 0.5) is 4.79 Å². The fourth-order valence-corrected chi connectivity index (χ4v) is 3.61. The molecule has 2 aliphatic heterocycles. The maximum atomic E-state index is 13.0. The molecule has 0 spiro atoms. The van der Waals surface area contributed by atoms with Gasteiger partial charge in [0.2, 0.25) is 12.7 Å². The molecule has 8 nitrogen and oxygen atoms in total. The molecule has 0 aliphatic carbocycles. The van der Waals surface area contributed by atoms with Gasteiger partial charge in [0.25, 0.3) is 5.91 Å². The number of nitrogens with zero attached hydrogens (tertiary/aromatic N) is 1. The van der Waals surface area contributed by atoms with Gasteiger partial charge in [-0.05, 0) is 43.9 Å². The van der Waals surface area contributed by atoms with Gasteiger partial charge in [0.15, 0.2) is 11.5 Å². The number of imide groups is 1. The average Bonchev–Trinajstić information content (AvgIpc) is 3.19. The third-order valence-electron chi connectivity index (χ3n) is 5.35. The Bertz CT molecular complexity index is 810. The van der Waals surface area contributed by atoms with E-state index in [1.165, 1.54) is 0 Å². The third kappa shape index (κ3) is 4.46. The Balaban J connectivity index is 1.62. The summed E-state index contributed by atoms with van der Waals surface area (Å²) >= 11 is 0. The first-order chi connectivity index (χ1) is 13.7. The summed E-state index contributed by atoms with van der Waals surface area (Å²) in [7, 11) is 0. The molecule has 0 bridgehead atoms. The number of benzene rings is 1. The van der Waals surface area contributed by atoms with E-state index in [1.54, 1.807) is 25.1 Å². The highest BCUT2D eigenvalue weighted by atomic mass is 16.7. The predicted molar refractivity (Wildman–Crippen MR) is 106 cm³/mol. The van der Waals surface area contributed by atoms with Crippen molar-refractivity contribution in [3.8, 4) is 11.5 Å². The van der Waals surface area contributed by atoms with E-state index in [1.807, 2.05) is 6.92 Å². The van der Waals surface area contributed by atoms with Gasteiger partial charge >= 0.3 is 6.03 Å². The molecule has 29 heavy (non-hydrogen) atoms. The Labute approximate surface area is 170 Å². The first-order valence-electron chi connectivity index (χ1n) is 10.0. The number of nitrogens with one attached hydrogen (secondary N) is 2. The lowest BCUT2D eigenvalue weighted by molar-refractivity contribution is -0.135. The Morgan fingerprint density at radius 2 is 1.93 bits per heavy atom. The summed E-state index contributed by atoms with van der Waals surface area (Å²) in [5.41, 5.74) is -0.689. The van der Waals surface area contributed by atoms with Crippen molar-refractivity contribution in [2.45, 2.75) is 58.5 Å². The molecule has 2 N–H and O–H groups in total. The van der Waals surface area contributed by atoms with Crippen LogP contribution in [0.3, 0.4) is 0 Å². The van der Waals surface area contributed by atoms with Gasteiger partial charge in [-0.1, -0.05) is 32.8 Å². The number of hydrogen-bond donors (Lipinski definition) is 2. The standard InChI is InChI=1S/C21H29N3O5/c1-13(2)6-5-7-14(3)22-18(25)11-24-19(26)21(4,23-20(24)27)15-8-9-16-17(10-15)29-12-28-16/h8-10,13-14H,5-7,11-12H2,1-4H3,(H,22,25)(H,23,27)/t14-,21+/m1/s1. The SMILES string of the molecule is CC(C)CCC[C@@H](C)NC(=O)CN1C(=O)N[C@@](C)(c2ccc3c(c2)OCO3)C1=O. The minimum Gasteiger partial charge on any atom is -0.454 e. The van der Waals surface area contributed by atoms with Crippen LogP contribution in [0.15, 0.2) is 18.2 Å². The van der Waals surface area contributed by atoms with Gasteiger partial charge in [-0.25, -0.2) is 4.79 Å². The maximum Gasteiger partial charge on any atom is 0.325 e. The van der Waals surface area contributed by atoms with Gasteiger partial charge in [-0.3, -0.25) is 14.5 Å². The molecule has 158 valence electrons. The summed E-state index contributed by atoms with van der Waals surface area (Å²) in [5, 5.41) is 5.58. The lowest BCUT2D eigenvalue weighted by Gasteiger charge is -2.22. The van der Waals surface area contributed by atoms with E-state index in [4.69, 9.17) is 9.47 Å². The lowest BCUT2D eigenvalue weighted by Crippen LogP contribution is -2.45. The van der Waals surface area contributed by atoms with Crippen LogP contribution in [0.1, 0.15) is 52.5 Å². The number of carbonyl (C=O) groups is 3. The summed E-state index contributed by atoms with van der Waals surface area (Å²) in [5.74, 6) is 0.927. The van der Waals surface area contributed by atoms with Crippen LogP contribution in [0.5, 0.6) is 11.5 Å². The fourth-order valence-electron chi connectivity index (χ4n) is 3.61. The molecule has 1 aromatic rings. The monoisotopic (exact) mass is 403 g/mol. The van der Waals surface area contributed by atoms with Gasteiger partial charge in [-0.2, -0.15) is 0 Å². The quantitative estimate of drug-likeness (QED) is 0.650. The van der Waals surface area contributed by atoms with Crippen LogP contribution in [0, 0.1) is 5.92 Å². The molecule has 2 atom stereocenters. The van der Waals surface area contributed by atoms with Gasteiger partial charge in [-0.15, -0.1) is 0 Å². The van der Waals surface area contributed by atoms with Crippen molar-refractivity contribution in [2.24, 2.45) is 5.92 Å². The molecule has 0 saturated carbocycles. The molecule has 0 radical (unpaired) electrons. The number of hydrogen-bond acceptors (Lipinski definition) is 5. The molecular formula is C21H29N3O5. The van der Waals surface area contributed by atoms with E-state index in [0.717, 1.165) is 24.2 Å². The summed E-state index contributed by atoms with van der Waals surface area (Å²) in [4.78, 5) is 38.8. The number of ether oxygens (including phenoxy) is 2. The van der Waals surface area contributed by atoms with Crippen LogP contribution < -0.4 is 20.1 Å². The van der Waals surface area contributed by atoms with Gasteiger partial charge in [0, 0.05) is 6.04 Å². The van der Waals surface area contributed by atoms with Crippen LogP contribution in [-0.2, 0) is 15.1 Å². The van der Waals surface area contributed by atoms with Crippen LogP contribution in [0.2, 0.25) is 0 Å². The minimum atomic E-state index is -1.26. The highest BCUT2D eigenvalue weighted by Gasteiger charge is 2.49. The number of urea groups is 1. The van der Waals surface area contributed by atoms with Crippen molar-refractivity contribution >= 4 is 17.8 Å². The molecule has 1 saturated heterocycles. The average molecular weight is 403 g/mol. The Kier molecular flexibility index (Phi) is 6.00. The van der Waals surface area contributed by atoms with Crippen LogP contribution >= 0.6 is 0 Å². The number of rotatable bonds is 8.